The Balaban J connectivity index is 0.000000418. The van der Waals surface area contributed by atoms with Crippen molar-refractivity contribution >= 4 is 39.7 Å². The lowest BCUT2D eigenvalue weighted by Crippen LogP contribution is -2.32. The summed E-state index contributed by atoms with van der Waals surface area (Å²) in [7, 11) is -3.85. The van der Waals surface area contributed by atoms with Crippen molar-refractivity contribution in [1.82, 2.24) is 0 Å². The van der Waals surface area contributed by atoms with E-state index >= 15 is 0 Å². The second-order valence-electron chi connectivity index (χ2n) is 6.88. The van der Waals surface area contributed by atoms with Gasteiger partial charge in [-0.25, -0.2) is 0 Å². The van der Waals surface area contributed by atoms with E-state index in [9.17, 15) is 17.3 Å². The lowest BCUT2D eigenvalue weighted by Gasteiger charge is -2.04. The normalized spacial score (nSPS) is 11.4. The third-order valence-electron chi connectivity index (χ3n) is 4.85. The van der Waals surface area contributed by atoms with E-state index in [2.05, 4.69) is 107 Å². The molecule has 156 valence electrons. The minimum atomic E-state index is -6.00. The van der Waals surface area contributed by atoms with E-state index in [1.165, 1.54) is 37.4 Å². The van der Waals surface area contributed by atoms with Gasteiger partial charge in [0.1, 0.15) is 11.7 Å². The van der Waals surface area contributed by atoms with Crippen molar-refractivity contribution in [2.45, 2.75) is 0 Å². The molecule has 0 N–H and O–H groups in total. The summed E-state index contributed by atoms with van der Waals surface area (Å²) >= 11 is 1.85. The number of halogens is 4. The zero-order valence-corrected chi connectivity index (χ0v) is 17.4. The zero-order chi connectivity index (χ0) is 22.0. The number of rotatable bonds is 2. The second-order valence-corrected chi connectivity index (χ2v) is 7.91. The number of para-hydroxylation sites is 3. The van der Waals surface area contributed by atoms with Crippen LogP contribution >= 0.6 is 11.3 Å². The third kappa shape index (κ3) is 4.59. The van der Waals surface area contributed by atoms with E-state index in [1.54, 1.807) is 0 Å². The van der Waals surface area contributed by atoms with Crippen LogP contribution in [-0.4, -0.2) is 7.25 Å². The molecule has 2 aromatic heterocycles. The summed E-state index contributed by atoms with van der Waals surface area (Å²) in [5, 5.41) is 2.55. The van der Waals surface area contributed by atoms with E-state index in [-0.39, 0.29) is 0 Å². The number of hydrogen-bond donors (Lipinski definition) is 0. The Hall–Kier alpha value is -3.26. The van der Waals surface area contributed by atoms with E-state index < -0.39 is 7.25 Å². The maximum absolute atomic E-state index is 9.75. The second kappa shape index (κ2) is 8.47. The van der Waals surface area contributed by atoms with Gasteiger partial charge in [-0.2, -0.15) is 9.13 Å². The van der Waals surface area contributed by atoms with Gasteiger partial charge >= 0.3 is 7.25 Å². The first-order chi connectivity index (χ1) is 14.8. The summed E-state index contributed by atoms with van der Waals surface area (Å²) < 4.78 is 44.9. The number of hydrogen-bond acceptors (Lipinski definition) is 1. The molecule has 31 heavy (non-hydrogen) atoms. The average molecular weight is 441 g/mol. The highest BCUT2D eigenvalue weighted by molar-refractivity contribution is 7.21. The Kier molecular flexibility index (Phi) is 5.74. The predicted octanol–water partition coefficient (Wildman–Crippen LogP) is 6.12. The number of aromatic nitrogens is 2. The van der Waals surface area contributed by atoms with Crippen LogP contribution in [0.25, 0.3) is 37.4 Å². The quantitative estimate of drug-likeness (QED) is 0.177. The fourth-order valence-electron chi connectivity index (χ4n) is 3.57. The van der Waals surface area contributed by atoms with Gasteiger partial charge in [0.15, 0.2) is 6.20 Å². The Morgan fingerprint density at radius 1 is 0.710 bits per heavy atom. The van der Waals surface area contributed by atoms with Crippen LogP contribution in [0.3, 0.4) is 0 Å². The van der Waals surface area contributed by atoms with Gasteiger partial charge in [-0.1, -0.05) is 53.8 Å². The summed E-state index contributed by atoms with van der Waals surface area (Å²) in [6, 6.07) is 30.0. The Morgan fingerprint density at radius 3 is 1.97 bits per heavy atom. The van der Waals surface area contributed by atoms with Crippen molar-refractivity contribution in [2.75, 3.05) is 0 Å². The first kappa shape index (κ1) is 21.0. The van der Waals surface area contributed by atoms with Crippen LogP contribution in [0.5, 0.6) is 0 Å². The highest BCUT2D eigenvalue weighted by atomic mass is 32.1. The highest BCUT2D eigenvalue weighted by Crippen LogP contribution is 2.32. The lowest BCUT2D eigenvalue weighted by atomic mass is 10.1. The van der Waals surface area contributed by atoms with Gasteiger partial charge in [0.2, 0.25) is 16.7 Å². The number of benzene rings is 3. The molecule has 2 heterocycles. The Morgan fingerprint density at radius 2 is 1.29 bits per heavy atom. The zero-order valence-electron chi connectivity index (χ0n) is 16.6. The molecule has 0 aliphatic carbocycles. The molecule has 0 fully saturated rings. The molecule has 0 radical (unpaired) electrons. The minimum Gasteiger partial charge on any atom is -0.418 e. The molecule has 0 aliphatic heterocycles. The first-order valence-electron chi connectivity index (χ1n) is 9.57. The van der Waals surface area contributed by atoms with Gasteiger partial charge in [0.05, 0.1) is 10.9 Å². The topological polar surface area (TPSA) is 7.76 Å². The smallest absolute Gasteiger partial charge is 0.418 e. The monoisotopic (exact) mass is 441 g/mol. The van der Waals surface area contributed by atoms with E-state index in [0.717, 1.165) is 0 Å². The standard InChI is InChI=1S/C23H18N2S.BF4/c1-24-21-13-7-8-14-22(21)26-23(24)19-15-16-25(17-9-3-2-4-10-17)20-12-6-5-11-18(19)20;2-1(3,4)5/h2-16H,1H3;/q+2;-1. The van der Waals surface area contributed by atoms with E-state index in [1.807, 2.05) is 11.3 Å². The number of pyridine rings is 1. The maximum atomic E-state index is 9.75. The first-order valence-corrected chi connectivity index (χ1v) is 10.4. The van der Waals surface area contributed by atoms with Gasteiger partial charge in [-0.15, -0.1) is 0 Å². The molecule has 0 amide bonds. The predicted molar refractivity (Wildman–Crippen MR) is 118 cm³/mol. The summed E-state index contributed by atoms with van der Waals surface area (Å²) in [4.78, 5) is 0. The summed E-state index contributed by atoms with van der Waals surface area (Å²) in [6.45, 7) is 0. The van der Waals surface area contributed by atoms with Crippen molar-refractivity contribution < 1.29 is 26.4 Å². The largest absolute Gasteiger partial charge is 0.673 e. The molecule has 5 rings (SSSR count). The summed E-state index contributed by atoms with van der Waals surface area (Å²) in [5.41, 5.74) is 4.94. The van der Waals surface area contributed by atoms with E-state index in [0.29, 0.717) is 0 Å². The number of fused-ring (bicyclic) bond motifs is 2. The van der Waals surface area contributed by atoms with Crippen molar-refractivity contribution in [2.24, 2.45) is 7.05 Å². The molecule has 0 aliphatic rings. The van der Waals surface area contributed by atoms with E-state index in [4.69, 9.17) is 0 Å². The summed E-state index contributed by atoms with van der Waals surface area (Å²) in [5.74, 6) is 0. The van der Waals surface area contributed by atoms with Gasteiger partial charge in [0.25, 0.3) is 5.01 Å². The Labute approximate surface area is 180 Å². The number of nitrogens with zero attached hydrogens (tertiary/aromatic N) is 2. The Bertz CT molecular complexity index is 1340. The van der Waals surface area contributed by atoms with Crippen LogP contribution < -0.4 is 9.13 Å². The molecule has 0 atom stereocenters. The fourth-order valence-corrected chi connectivity index (χ4v) is 4.76. The van der Waals surface area contributed by atoms with Crippen molar-refractivity contribution in [3.63, 3.8) is 0 Å². The van der Waals surface area contributed by atoms with Crippen LogP contribution in [-0.2, 0) is 7.05 Å². The van der Waals surface area contributed by atoms with Crippen LogP contribution in [0.4, 0.5) is 17.3 Å². The van der Waals surface area contributed by atoms with Crippen molar-refractivity contribution in [1.29, 1.82) is 0 Å². The molecule has 0 unspecified atom stereocenters. The van der Waals surface area contributed by atoms with Crippen molar-refractivity contribution in [3.05, 3.63) is 91.1 Å². The van der Waals surface area contributed by atoms with Gasteiger partial charge in [0, 0.05) is 30.3 Å². The average Bonchev–Trinajstić information content (AvgIpc) is 3.09. The SMILES string of the molecule is C[n+]1c(-c2cc[n+](-c3ccccc3)c3ccccc23)sc2ccccc21.F[B-](F)(F)F. The highest BCUT2D eigenvalue weighted by Gasteiger charge is 2.24. The molecular weight excluding hydrogens is 423 g/mol. The molecule has 8 heteroatoms. The van der Waals surface area contributed by atoms with Crippen molar-refractivity contribution in [3.8, 4) is 16.3 Å². The van der Waals surface area contributed by atoms with Crippen LogP contribution in [0.15, 0.2) is 91.1 Å². The molecular formula is C23H18BF4N2S+. The number of thiazole rings is 1. The molecule has 0 bridgehead atoms. The van der Waals surface area contributed by atoms with Crippen LogP contribution in [0.1, 0.15) is 0 Å². The third-order valence-corrected chi connectivity index (χ3v) is 6.10. The lowest BCUT2D eigenvalue weighted by molar-refractivity contribution is -0.629. The minimum absolute atomic E-state index is 1.18. The molecule has 0 saturated heterocycles. The van der Waals surface area contributed by atoms with Crippen LogP contribution in [0.2, 0.25) is 0 Å². The van der Waals surface area contributed by atoms with Crippen LogP contribution in [0, 0.1) is 0 Å². The maximum Gasteiger partial charge on any atom is 0.673 e. The molecule has 0 saturated carbocycles. The van der Waals surface area contributed by atoms with Gasteiger partial charge < -0.3 is 17.3 Å². The van der Waals surface area contributed by atoms with Gasteiger partial charge in [-0.05, 0) is 12.1 Å². The molecule has 3 aromatic carbocycles. The van der Waals surface area contributed by atoms with Gasteiger partial charge in [-0.3, -0.25) is 0 Å². The number of aryl methyl sites for hydroxylation is 1. The molecule has 5 aromatic rings. The molecule has 2 nitrogen and oxygen atoms in total. The fraction of sp³-hybridized carbons (Fsp3) is 0.0435. The summed E-state index contributed by atoms with van der Waals surface area (Å²) in [6.07, 6.45) is 2.18. The molecule has 0 spiro atoms.